The average molecular weight is 454 g/mol. The fraction of sp³-hybridized carbons (Fsp3) is 0.370. The van der Waals surface area contributed by atoms with E-state index in [1.54, 1.807) is 18.3 Å². The maximum atomic E-state index is 13.1. The van der Waals surface area contributed by atoms with Gasteiger partial charge in [0.15, 0.2) is 0 Å². The molecule has 2 bridgehead atoms. The van der Waals surface area contributed by atoms with Crippen molar-refractivity contribution in [3.63, 3.8) is 0 Å². The Morgan fingerprint density at radius 1 is 1.12 bits per heavy atom. The van der Waals surface area contributed by atoms with Crippen LogP contribution in [0.4, 0.5) is 13.2 Å². The predicted octanol–water partition coefficient (Wildman–Crippen LogP) is 5.90. The summed E-state index contributed by atoms with van der Waals surface area (Å²) in [6.45, 7) is 6.39. The maximum absolute atomic E-state index is 13.1. The average Bonchev–Trinajstić information content (AvgIpc) is 2.83. The highest BCUT2D eigenvalue weighted by atomic mass is 19.4. The second-order valence-corrected chi connectivity index (χ2v) is 9.59. The summed E-state index contributed by atoms with van der Waals surface area (Å²) in [5.41, 5.74) is 1.96. The van der Waals surface area contributed by atoms with Crippen LogP contribution in [-0.2, 0) is 12.7 Å². The number of nitrogens with zero attached hydrogens (tertiary/aromatic N) is 2. The van der Waals surface area contributed by atoms with E-state index < -0.39 is 17.8 Å². The van der Waals surface area contributed by atoms with Crippen LogP contribution in [-0.4, -0.2) is 33.7 Å². The van der Waals surface area contributed by atoms with Gasteiger partial charge in [-0.3, -0.25) is 4.98 Å². The van der Waals surface area contributed by atoms with Crippen molar-refractivity contribution in [1.29, 1.82) is 0 Å². The quantitative estimate of drug-likeness (QED) is 0.386. The molecule has 3 fully saturated rings. The smallest absolute Gasteiger partial charge is 0.382 e. The van der Waals surface area contributed by atoms with Crippen LogP contribution in [0.15, 0.2) is 73.4 Å². The summed E-state index contributed by atoms with van der Waals surface area (Å²) >= 11 is 0. The Balaban J connectivity index is 1.51. The second-order valence-electron chi connectivity index (χ2n) is 9.59. The molecule has 1 aromatic heterocycles. The summed E-state index contributed by atoms with van der Waals surface area (Å²) in [4.78, 5) is 4.43. The summed E-state index contributed by atoms with van der Waals surface area (Å²) in [5.74, 6) is 0.827. The molecule has 5 atom stereocenters. The molecule has 2 aromatic carbocycles. The maximum Gasteiger partial charge on any atom is 0.416 e. The third kappa shape index (κ3) is 3.96. The van der Waals surface area contributed by atoms with Crippen LogP contribution >= 0.6 is 0 Å². The Morgan fingerprint density at radius 2 is 1.88 bits per heavy atom. The second kappa shape index (κ2) is 8.26. The molecule has 0 aliphatic carbocycles. The first-order chi connectivity index (χ1) is 15.8. The van der Waals surface area contributed by atoms with E-state index in [9.17, 15) is 18.3 Å². The van der Waals surface area contributed by atoms with Crippen molar-refractivity contribution in [2.45, 2.75) is 37.7 Å². The molecule has 4 heterocycles. The number of halogens is 3. The lowest BCUT2D eigenvalue weighted by Gasteiger charge is -2.58. The lowest BCUT2D eigenvalue weighted by molar-refractivity contribution is -0.984. The molecular weight excluding hydrogens is 425 g/mol. The van der Waals surface area contributed by atoms with Crippen molar-refractivity contribution in [1.82, 2.24) is 4.98 Å². The van der Waals surface area contributed by atoms with Crippen LogP contribution in [0, 0.1) is 11.8 Å². The molecule has 0 radical (unpaired) electrons. The van der Waals surface area contributed by atoms with Gasteiger partial charge in [-0.25, -0.2) is 0 Å². The molecule has 3 aromatic rings. The first kappa shape index (κ1) is 22.1. The minimum Gasteiger partial charge on any atom is -0.382 e. The number of rotatable bonds is 5. The minimum absolute atomic E-state index is 0.0342. The molecule has 172 valence electrons. The number of aromatic nitrogens is 1. The van der Waals surface area contributed by atoms with Crippen LogP contribution in [0.3, 0.4) is 0 Å². The third-order valence-electron chi connectivity index (χ3n) is 7.82. The zero-order chi connectivity index (χ0) is 23.2. The molecule has 3 aliphatic rings. The van der Waals surface area contributed by atoms with Gasteiger partial charge in [-0.15, -0.1) is 6.58 Å². The lowest BCUT2D eigenvalue weighted by atomic mass is 9.71. The standard InChI is InChI=1S/C27H28F3N2O/c1-2-19-17-32(16-18-7-9-21(10-8-18)27(28,29)30)14-12-20(19)15-25(32)26(33)23-11-13-31-24-6-4-3-5-22(23)24/h2-11,13,19-20,25-26,33H,1,12,14-17H2/q+1/t19-,20-,25-,26-,32+/m0/s1. The SMILES string of the molecule is C=C[C@H]1C[N@+]2(Cc3ccc(C(F)(F)F)cc3)CC[C@H]1C[C@H]2[C@@H](O)c1ccnc2ccccc12. The fourth-order valence-corrected chi connectivity index (χ4v) is 6.13. The Morgan fingerprint density at radius 3 is 2.61 bits per heavy atom. The van der Waals surface area contributed by atoms with Gasteiger partial charge in [0.05, 0.1) is 24.2 Å². The number of aliphatic hydroxyl groups is 1. The first-order valence-corrected chi connectivity index (χ1v) is 11.5. The van der Waals surface area contributed by atoms with Crippen molar-refractivity contribution in [2.75, 3.05) is 13.1 Å². The summed E-state index contributed by atoms with van der Waals surface area (Å²) < 4.78 is 39.8. The molecule has 0 spiro atoms. The van der Waals surface area contributed by atoms with E-state index in [-0.39, 0.29) is 6.04 Å². The molecule has 0 unspecified atom stereocenters. The summed E-state index contributed by atoms with van der Waals surface area (Å²) in [6.07, 6.45) is 0.648. The molecule has 3 saturated heterocycles. The van der Waals surface area contributed by atoms with Crippen molar-refractivity contribution in [3.8, 4) is 0 Å². The highest BCUT2D eigenvalue weighted by Gasteiger charge is 2.54. The number of alkyl halides is 3. The van der Waals surface area contributed by atoms with Crippen molar-refractivity contribution in [2.24, 2.45) is 11.8 Å². The Hall–Kier alpha value is -2.70. The van der Waals surface area contributed by atoms with E-state index in [0.29, 0.717) is 22.9 Å². The van der Waals surface area contributed by atoms with Gasteiger partial charge in [-0.2, -0.15) is 13.2 Å². The monoisotopic (exact) mass is 453 g/mol. The largest absolute Gasteiger partial charge is 0.416 e. The van der Waals surface area contributed by atoms with E-state index >= 15 is 0 Å². The first-order valence-electron chi connectivity index (χ1n) is 11.5. The number of hydrogen-bond donors (Lipinski definition) is 1. The van der Waals surface area contributed by atoms with E-state index in [4.69, 9.17) is 0 Å². The zero-order valence-electron chi connectivity index (χ0n) is 18.4. The Labute approximate surface area is 191 Å². The van der Waals surface area contributed by atoms with Gasteiger partial charge in [-0.1, -0.05) is 36.4 Å². The predicted molar refractivity (Wildman–Crippen MR) is 122 cm³/mol. The molecular formula is C27H28F3N2O+. The molecule has 0 amide bonds. The van der Waals surface area contributed by atoms with Crippen LogP contribution in [0.25, 0.3) is 10.9 Å². The highest BCUT2D eigenvalue weighted by Crippen LogP contribution is 2.48. The van der Waals surface area contributed by atoms with Crippen LogP contribution in [0.2, 0.25) is 0 Å². The number of aliphatic hydroxyl groups excluding tert-OH is 1. The number of piperidine rings is 3. The van der Waals surface area contributed by atoms with Gasteiger partial charge in [0, 0.05) is 35.9 Å². The molecule has 6 rings (SSSR count). The summed E-state index contributed by atoms with van der Waals surface area (Å²) in [5, 5.41) is 12.6. The number of fused-ring (bicyclic) bond motifs is 4. The topological polar surface area (TPSA) is 33.1 Å². The highest BCUT2D eigenvalue weighted by molar-refractivity contribution is 5.82. The van der Waals surface area contributed by atoms with Crippen LogP contribution in [0.5, 0.6) is 0 Å². The van der Waals surface area contributed by atoms with Gasteiger partial charge >= 0.3 is 6.18 Å². The lowest BCUT2D eigenvalue weighted by Crippen LogP contribution is -2.67. The molecule has 3 nitrogen and oxygen atoms in total. The van der Waals surface area contributed by atoms with Crippen LogP contribution in [0.1, 0.15) is 35.6 Å². The van der Waals surface area contributed by atoms with Gasteiger partial charge in [0.25, 0.3) is 0 Å². The van der Waals surface area contributed by atoms with E-state index in [0.717, 1.165) is 60.1 Å². The van der Waals surface area contributed by atoms with Gasteiger partial charge in [0.2, 0.25) is 0 Å². The third-order valence-corrected chi connectivity index (χ3v) is 7.82. The van der Waals surface area contributed by atoms with Crippen LogP contribution < -0.4 is 0 Å². The number of benzene rings is 2. The number of quaternary nitrogens is 1. The van der Waals surface area contributed by atoms with Gasteiger partial charge in [0.1, 0.15) is 18.7 Å². The summed E-state index contributed by atoms with van der Waals surface area (Å²) in [7, 11) is 0. The van der Waals surface area contributed by atoms with E-state index in [1.165, 1.54) is 0 Å². The van der Waals surface area contributed by atoms with Gasteiger partial charge in [-0.05, 0) is 35.7 Å². The fourth-order valence-electron chi connectivity index (χ4n) is 6.13. The van der Waals surface area contributed by atoms with Crippen molar-refractivity contribution in [3.05, 3.63) is 90.1 Å². The number of hydrogen-bond acceptors (Lipinski definition) is 2. The van der Waals surface area contributed by atoms with E-state index in [1.807, 2.05) is 36.4 Å². The van der Waals surface area contributed by atoms with Crippen molar-refractivity contribution >= 4 is 10.9 Å². The molecule has 33 heavy (non-hydrogen) atoms. The van der Waals surface area contributed by atoms with E-state index in [2.05, 4.69) is 11.6 Å². The molecule has 3 aliphatic heterocycles. The normalized spacial score (nSPS) is 28.1. The van der Waals surface area contributed by atoms with Gasteiger partial charge < -0.3 is 9.59 Å². The molecule has 0 saturated carbocycles. The molecule has 6 heteroatoms. The number of pyridine rings is 1. The minimum atomic E-state index is -4.34. The zero-order valence-corrected chi connectivity index (χ0v) is 18.4. The summed E-state index contributed by atoms with van der Waals surface area (Å²) in [6, 6.07) is 15.2. The molecule has 1 N–H and O–H groups in total. The Bertz CT molecular complexity index is 1150. The number of para-hydroxylation sites is 1. The van der Waals surface area contributed by atoms with Crippen molar-refractivity contribution < 1.29 is 22.8 Å². The Kier molecular flexibility index (Phi) is 5.53.